The molecule has 1 aromatic carbocycles. The molecule has 0 fully saturated rings. The van der Waals surface area contributed by atoms with Crippen LogP contribution >= 0.6 is 0 Å². The maximum absolute atomic E-state index is 12.0. The number of aromatic hydroxyl groups is 1. The average Bonchev–Trinajstić information content (AvgIpc) is 2.16. The van der Waals surface area contributed by atoms with Gasteiger partial charge in [0.25, 0.3) is 0 Å². The molecule has 2 N–H and O–H groups in total. The van der Waals surface area contributed by atoms with E-state index in [0.29, 0.717) is 6.08 Å². The number of phenolic OH excluding ortho intramolecular Hbond substituents is 1. The van der Waals surface area contributed by atoms with Crippen LogP contribution in [0.5, 0.6) is 11.5 Å². The van der Waals surface area contributed by atoms with Crippen LogP contribution in [-0.4, -0.2) is 22.5 Å². The number of phenols is 1. The summed E-state index contributed by atoms with van der Waals surface area (Å²) >= 11 is 0. The SMILES string of the molecule is O=C(O)C=Cc1cc(O)ccc1OC(F)(F)F. The molecule has 0 aliphatic heterocycles. The Kier molecular flexibility index (Phi) is 3.62. The molecule has 0 unspecified atom stereocenters. The van der Waals surface area contributed by atoms with Gasteiger partial charge in [0.1, 0.15) is 11.5 Å². The van der Waals surface area contributed by atoms with Crippen LogP contribution in [0.3, 0.4) is 0 Å². The number of hydrogen-bond donors (Lipinski definition) is 2. The molecule has 0 aliphatic rings. The first-order chi connectivity index (χ1) is 7.78. The molecule has 0 aliphatic carbocycles. The number of ether oxygens (including phenoxy) is 1. The van der Waals surface area contributed by atoms with Gasteiger partial charge in [0.15, 0.2) is 0 Å². The molecule has 1 rings (SSSR count). The Labute approximate surface area is 93.6 Å². The Bertz CT molecular complexity index is 451. The van der Waals surface area contributed by atoms with Crippen molar-refractivity contribution in [3.8, 4) is 11.5 Å². The molecule has 92 valence electrons. The normalized spacial score (nSPS) is 11.7. The van der Waals surface area contributed by atoms with Gasteiger partial charge in [-0.05, 0) is 24.3 Å². The van der Waals surface area contributed by atoms with Gasteiger partial charge in [0, 0.05) is 11.6 Å². The van der Waals surface area contributed by atoms with Crippen LogP contribution < -0.4 is 4.74 Å². The first-order valence-electron chi connectivity index (χ1n) is 4.28. The molecule has 17 heavy (non-hydrogen) atoms. The second-order valence-electron chi connectivity index (χ2n) is 2.94. The van der Waals surface area contributed by atoms with Gasteiger partial charge >= 0.3 is 12.3 Å². The topological polar surface area (TPSA) is 66.8 Å². The van der Waals surface area contributed by atoms with E-state index in [0.717, 1.165) is 24.3 Å². The van der Waals surface area contributed by atoms with Crippen LogP contribution in [0.25, 0.3) is 6.08 Å². The highest BCUT2D eigenvalue weighted by Crippen LogP contribution is 2.29. The average molecular weight is 248 g/mol. The highest BCUT2D eigenvalue weighted by Gasteiger charge is 2.31. The van der Waals surface area contributed by atoms with E-state index >= 15 is 0 Å². The third kappa shape index (κ3) is 4.45. The van der Waals surface area contributed by atoms with Crippen molar-refractivity contribution >= 4 is 12.0 Å². The minimum atomic E-state index is -4.89. The molecule has 0 aromatic heterocycles. The van der Waals surface area contributed by atoms with E-state index in [-0.39, 0.29) is 11.3 Å². The molecule has 0 atom stereocenters. The van der Waals surface area contributed by atoms with Gasteiger partial charge in [-0.15, -0.1) is 13.2 Å². The summed E-state index contributed by atoms with van der Waals surface area (Å²) in [6, 6.07) is 2.85. The lowest BCUT2D eigenvalue weighted by Crippen LogP contribution is -2.17. The standard InChI is InChI=1S/C10H7F3O4/c11-10(12,13)17-8-3-2-7(14)5-6(8)1-4-9(15)16/h1-5,14H,(H,15,16). The van der Waals surface area contributed by atoms with Gasteiger partial charge in [-0.3, -0.25) is 0 Å². The minimum Gasteiger partial charge on any atom is -0.508 e. The predicted octanol–water partition coefficient (Wildman–Crippen LogP) is 2.39. The number of alkyl halides is 3. The number of hydrogen-bond acceptors (Lipinski definition) is 3. The van der Waals surface area contributed by atoms with E-state index in [2.05, 4.69) is 4.74 Å². The molecular formula is C10H7F3O4. The maximum Gasteiger partial charge on any atom is 0.573 e. The lowest BCUT2D eigenvalue weighted by molar-refractivity contribution is -0.274. The fraction of sp³-hybridized carbons (Fsp3) is 0.100. The third-order valence-electron chi connectivity index (χ3n) is 1.62. The van der Waals surface area contributed by atoms with Crippen molar-refractivity contribution in [3.05, 3.63) is 29.8 Å². The van der Waals surface area contributed by atoms with Gasteiger partial charge < -0.3 is 14.9 Å². The summed E-state index contributed by atoms with van der Waals surface area (Å²) in [5.74, 6) is -2.22. The molecule has 0 saturated carbocycles. The predicted molar refractivity (Wildman–Crippen MR) is 51.5 cm³/mol. The molecule has 0 bridgehead atoms. The summed E-state index contributed by atoms with van der Waals surface area (Å²) in [6.45, 7) is 0. The van der Waals surface area contributed by atoms with Crippen LogP contribution in [0.2, 0.25) is 0 Å². The zero-order chi connectivity index (χ0) is 13.1. The zero-order valence-electron chi connectivity index (χ0n) is 8.23. The van der Waals surface area contributed by atoms with E-state index in [9.17, 15) is 18.0 Å². The number of rotatable bonds is 3. The van der Waals surface area contributed by atoms with Crippen LogP contribution in [0, 0.1) is 0 Å². The second-order valence-corrected chi connectivity index (χ2v) is 2.94. The molecular weight excluding hydrogens is 241 g/mol. The second kappa shape index (κ2) is 4.77. The Morgan fingerprint density at radius 2 is 2.00 bits per heavy atom. The first kappa shape index (κ1) is 12.9. The van der Waals surface area contributed by atoms with Crippen molar-refractivity contribution < 1.29 is 32.9 Å². The van der Waals surface area contributed by atoms with Crippen molar-refractivity contribution in [3.63, 3.8) is 0 Å². The summed E-state index contributed by atoms with van der Waals surface area (Å²) in [4.78, 5) is 10.2. The van der Waals surface area contributed by atoms with Crippen molar-refractivity contribution in [1.82, 2.24) is 0 Å². The minimum absolute atomic E-state index is 0.190. The van der Waals surface area contributed by atoms with Crippen molar-refractivity contribution in [1.29, 1.82) is 0 Å². The van der Waals surface area contributed by atoms with Crippen molar-refractivity contribution in [2.75, 3.05) is 0 Å². The molecule has 0 spiro atoms. The summed E-state index contributed by atoms with van der Waals surface area (Å²) in [7, 11) is 0. The van der Waals surface area contributed by atoms with Gasteiger partial charge in [-0.1, -0.05) is 0 Å². The molecule has 0 heterocycles. The fourth-order valence-corrected chi connectivity index (χ4v) is 1.04. The fourth-order valence-electron chi connectivity index (χ4n) is 1.04. The Balaban J connectivity index is 3.08. The van der Waals surface area contributed by atoms with Gasteiger partial charge in [-0.25, -0.2) is 4.79 Å². The first-order valence-corrected chi connectivity index (χ1v) is 4.28. The van der Waals surface area contributed by atoms with Crippen LogP contribution in [0.15, 0.2) is 24.3 Å². The number of benzene rings is 1. The van der Waals surface area contributed by atoms with Gasteiger partial charge in [-0.2, -0.15) is 0 Å². The summed E-state index contributed by atoms with van der Waals surface area (Å²) in [5, 5.41) is 17.4. The molecule has 4 nitrogen and oxygen atoms in total. The number of aliphatic carboxylic acids is 1. The molecule has 0 saturated heterocycles. The number of carboxylic acids is 1. The van der Waals surface area contributed by atoms with E-state index < -0.39 is 18.1 Å². The van der Waals surface area contributed by atoms with Crippen LogP contribution in [0.1, 0.15) is 5.56 Å². The Morgan fingerprint density at radius 3 is 2.53 bits per heavy atom. The van der Waals surface area contributed by atoms with E-state index in [1.165, 1.54) is 0 Å². The van der Waals surface area contributed by atoms with Crippen LogP contribution in [0.4, 0.5) is 13.2 Å². The summed E-state index contributed by atoms with van der Waals surface area (Å²) < 4.78 is 39.7. The van der Waals surface area contributed by atoms with Gasteiger partial charge in [0.2, 0.25) is 0 Å². The largest absolute Gasteiger partial charge is 0.573 e. The summed E-state index contributed by atoms with van der Waals surface area (Å²) in [5.41, 5.74) is -0.190. The van der Waals surface area contributed by atoms with Crippen LogP contribution in [-0.2, 0) is 4.79 Å². The lowest BCUT2D eigenvalue weighted by Gasteiger charge is -2.11. The number of carboxylic acid groups (broad SMARTS) is 1. The lowest BCUT2D eigenvalue weighted by atomic mass is 10.1. The number of halogens is 3. The molecule has 7 heteroatoms. The zero-order valence-corrected chi connectivity index (χ0v) is 8.23. The smallest absolute Gasteiger partial charge is 0.508 e. The van der Waals surface area contributed by atoms with Gasteiger partial charge in [0.05, 0.1) is 0 Å². The molecule has 0 amide bonds. The summed E-state index contributed by atoms with van der Waals surface area (Å²) in [6.07, 6.45) is -3.36. The van der Waals surface area contributed by atoms with Crippen molar-refractivity contribution in [2.24, 2.45) is 0 Å². The molecule has 1 aromatic rings. The highest BCUT2D eigenvalue weighted by molar-refractivity contribution is 5.86. The maximum atomic E-state index is 12.0. The highest BCUT2D eigenvalue weighted by atomic mass is 19.4. The Hall–Kier alpha value is -2.18. The Morgan fingerprint density at radius 1 is 1.35 bits per heavy atom. The van der Waals surface area contributed by atoms with E-state index in [1.807, 2.05) is 0 Å². The van der Waals surface area contributed by atoms with E-state index in [4.69, 9.17) is 10.2 Å². The van der Waals surface area contributed by atoms with Crippen molar-refractivity contribution in [2.45, 2.75) is 6.36 Å². The molecule has 0 radical (unpaired) electrons. The number of carbonyl (C=O) groups is 1. The quantitative estimate of drug-likeness (QED) is 0.806. The monoisotopic (exact) mass is 248 g/mol. The third-order valence-corrected chi connectivity index (χ3v) is 1.62. The van der Waals surface area contributed by atoms with E-state index in [1.54, 1.807) is 0 Å².